The molecule has 0 saturated carbocycles. The number of sulfonamides is 1. The summed E-state index contributed by atoms with van der Waals surface area (Å²) in [4.78, 5) is 38.4. The molecule has 5 N–H and O–H groups in total. The molecule has 13 heteroatoms. The first-order chi connectivity index (χ1) is 18.0. The Labute approximate surface area is 222 Å². The van der Waals surface area contributed by atoms with Gasteiger partial charge in [-0.15, -0.1) is 0 Å². The van der Waals surface area contributed by atoms with Crippen molar-refractivity contribution in [2.45, 2.75) is 32.1 Å². The normalized spacial score (nSPS) is 14.0. The van der Waals surface area contributed by atoms with Crippen molar-refractivity contribution in [3.8, 4) is 0 Å². The largest absolute Gasteiger partial charge is 0.379 e. The highest BCUT2D eigenvalue weighted by molar-refractivity contribution is 7.92. The topological polar surface area (TPSA) is 163 Å². The van der Waals surface area contributed by atoms with E-state index in [1.807, 2.05) is 0 Å². The van der Waals surface area contributed by atoms with E-state index in [1.54, 1.807) is 19.9 Å². The fourth-order valence-corrected chi connectivity index (χ4v) is 5.33. The van der Waals surface area contributed by atoms with E-state index in [0.717, 1.165) is 25.2 Å². The minimum atomic E-state index is -3.99. The average Bonchev–Trinajstić information content (AvgIpc) is 2.88. The van der Waals surface area contributed by atoms with Crippen LogP contribution in [0.1, 0.15) is 24.5 Å². The van der Waals surface area contributed by atoms with Crippen LogP contribution in [0.2, 0.25) is 0 Å². The summed E-state index contributed by atoms with van der Waals surface area (Å²) in [7, 11) is -3.99. The van der Waals surface area contributed by atoms with Crippen molar-refractivity contribution in [1.82, 2.24) is 10.2 Å². The fourth-order valence-electron chi connectivity index (χ4n) is 4.02. The Morgan fingerprint density at radius 2 is 1.71 bits per heavy atom. The van der Waals surface area contributed by atoms with Gasteiger partial charge in [0.15, 0.2) is 0 Å². The van der Waals surface area contributed by atoms with Gasteiger partial charge in [0.2, 0.25) is 5.91 Å². The van der Waals surface area contributed by atoms with Crippen molar-refractivity contribution in [2.24, 2.45) is 5.84 Å². The third-order valence-electron chi connectivity index (χ3n) is 6.07. The number of benzene rings is 2. The van der Waals surface area contributed by atoms with Gasteiger partial charge in [0, 0.05) is 37.9 Å². The van der Waals surface area contributed by atoms with E-state index >= 15 is 0 Å². The predicted molar refractivity (Wildman–Crippen MR) is 144 cm³/mol. The van der Waals surface area contributed by atoms with Crippen LogP contribution >= 0.6 is 0 Å². The average molecular weight is 547 g/mol. The molecule has 0 radical (unpaired) electrons. The van der Waals surface area contributed by atoms with Gasteiger partial charge in [0.25, 0.3) is 10.0 Å². The number of nitrogens with zero attached hydrogens (tertiary/aromatic N) is 2. The van der Waals surface area contributed by atoms with Gasteiger partial charge in [0.1, 0.15) is 0 Å². The zero-order chi connectivity index (χ0) is 27.9. The van der Waals surface area contributed by atoms with Gasteiger partial charge >= 0.3 is 11.8 Å². The summed E-state index contributed by atoms with van der Waals surface area (Å²) >= 11 is 0. The molecule has 38 heavy (non-hydrogen) atoms. The number of rotatable bonds is 9. The maximum absolute atomic E-state index is 13.0. The highest BCUT2D eigenvalue weighted by atomic mass is 32.2. The van der Waals surface area contributed by atoms with E-state index < -0.39 is 21.8 Å². The molecule has 3 rings (SSSR count). The van der Waals surface area contributed by atoms with Crippen molar-refractivity contribution < 1.29 is 27.5 Å². The number of nitrogens with one attached hydrogen (secondary N) is 3. The standard InChI is InChI=1S/C25H34N6O6S/c1-17-5-10-22(18(2)23(17)28-19(3)32)38(35,36)29-20-6-8-21(9-7-20)31(26)25(34)24(33)27-11-4-12-30-13-15-37-16-14-30/h5-10,29H,4,11-16,26H2,1-3H3,(H,27,33)(H,28,32). The smallest absolute Gasteiger partial charge is 0.330 e. The summed E-state index contributed by atoms with van der Waals surface area (Å²) < 4.78 is 33.9. The molecule has 3 amide bonds. The second-order valence-electron chi connectivity index (χ2n) is 8.95. The maximum atomic E-state index is 13.0. The van der Waals surface area contributed by atoms with Crippen LogP contribution in [0.3, 0.4) is 0 Å². The molecule has 206 valence electrons. The summed E-state index contributed by atoms with van der Waals surface area (Å²) in [5.41, 5.74) is 2.00. The molecule has 1 saturated heterocycles. The van der Waals surface area contributed by atoms with Crippen LogP contribution < -0.4 is 26.2 Å². The van der Waals surface area contributed by atoms with Crippen LogP contribution in [0.5, 0.6) is 0 Å². The van der Waals surface area contributed by atoms with Gasteiger partial charge < -0.3 is 15.4 Å². The van der Waals surface area contributed by atoms with Crippen molar-refractivity contribution in [3.63, 3.8) is 0 Å². The number of aryl methyl sites for hydroxylation is 1. The molecule has 1 heterocycles. The SMILES string of the molecule is CC(=O)Nc1c(C)ccc(S(=O)(=O)Nc2ccc(N(N)C(=O)C(=O)NCCCN3CCOCC3)cc2)c1C. The molecule has 2 aromatic rings. The zero-order valence-electron chi connectivity index (χ0n) is 21.7. The van der Waals surface area contributed by atoms with E-state index in [-0.39, 0.29) is 22.2 Å². The maximum Gasteiger partial charge on any atom is 0.330 e. The predicted octanol–water partition coefficient (Wildman–Crippen LogP) is 1.11. The minimum Gasteiger partial charge on any atom is -0.379 e. The molecule has 2 aromatic carbocycles. The van der Waals surface area contributed by atoms with Crippen molar-refractivity contribution in [2.75, 3.05) is 54.4 Å². The fraction of sp³-hybridized carbons (Fsp3) is 0.400. The number of ether oxygens (including phenoxy) is 1. The van der Waals surface area contributed by atoms with E-state index in [0.29, 0.717) is 42.4 Å². The molecule has 1 aliphatic heterocycles. The van der Waals surface area contributed by atoms with E-state index in [9.17, 15) is 22.8 Å². The Kier molecular flexibility index (Phi) is 9.80. The lowest BCUT2D eigenvalue weighted by Gasteiger charge is -2.26. The van der Waals surface area contributed by atoms with E-state index in [2.05, 4.69) is 20.3 Å². The van der Waals surface area contributed by atoms with Crippen molar-refractivity contribution in [3.05, 3.63) is 47.5 Å². The van der Waals surface area contributed by atoms with E-state index in [4.69, 9.17) is 10.6 Å². The van der Waals surface area contributed by atoms with Crippen LogP contribution in [0.15, 0.2) is 41.3 Å². The number of hydrazine groups is 1. The van der Waals surface area contributed by atoms with Crippen molar-refractivity contribution in [1.29, 1.82) is 0 Å². The lowest BCUT2D eigenvalue weighted by Crippen LogP contribution is -2.47. The quantitative estimate of drug-likeness (QED) is 0.119. The third kappa shape index (κ3) is 7.51. The van der Waals surface area contributed by atoms with Crippen molar-refractivity contribution >= 4 is 44.8 Å². The first-order valence-electron chi connectivity index (χ1n) is 12.2. The van der Waals surface area contributed by atoms with Crippen LogP contribution in [0.4, 0.5) is 17.1 Å². The molecular formula is C25H34N6O6S. The molecular weight excluding hydrogens is 512 g/mol. The lowest BCUT2D eigenvalue weighted by molar-refractivity contribution is -0.137. The Hall–Kier alpha value is -3.52. The second kappa shape index (κ2) is 12.8. The summed E-state index contributed by atoms with van der Waals surface area (Å²) in [5, 5.41) is 5.95. The summed E-state index contributed by atoms with van der Waals surface area (Å²) in [6.45, 7) is 8.93. The number of morpholine rings is 1. The first kappa shape index (κ1) is 29.0. The number of carbonyl (C=O) groups is 3. The Balaban J connectivity index is 1.59. The summed E-state index contributed by atoms with van der Waals surface area (Å²) in [6.07, 6.45) is 0.686. The summed E-state index contributed by atoms with van der Waals surface area (Å²) in [5.74, 6) is 3.77. The molecule has 12 nitrogen and oxygen atoms in total. The van der Waals surface area contributed by atoms with Gasteiger partial charge in [-0.1, -0.05) is 6.07 Å². The number of anilines is 3. The lowest BCUT2D eigenvalue weighted by atomic mass is 10.1. The molecule has 0 atom stereocenters. The number of carbonyl (C=O) groups excluding carboxylic acids is 3. The number of hydrogen-bond acceptors (Lipinski definition) is 8. The number of amides is 3. The number of hydrogen-bond donors (Lipinski definition) is 4. The van der Waals surface area contributed by atoms with E-state index in [1.165, 1.54) is 37.3 Å². The van der Waals surface area contributed by atoms with Crippen LogP contribution in [-0.2, 0) is 29.1 Å². The van der Waals surface area contributed by atoms with Crippen LogP contribution in [0, 0.1) is 13.8 Å². The molecule has 0 bridgehead atoms. The molecule has 0 spiro atoms. The van der Waals surface area contributed by atoms with Crippen LogP contribution in [-0.4, -0.2) is 70.4 Å². The first-order valence-corrected chi connectivity index (χ1v) is 13.7. The molecule has 0 aromatic heterocycles. The zero-order valence-corrected chi connectivity index (χ0v) is 22.6. The number of nitrogens with two attached hydrogens (primary N) is 1. The Morgan fingerprint density at radius 1 is 1.05 bits per heavy atom. The third-order valence-corrected chi connectivity index (χ3v) is 7.59. The second-order valence-corrected chi connectivity index (χ2v) is 10.6. The van der Waals surface area contributed by atoms with Gasteiger partial charge in [-0.05, 0) is 68.3 Å². The Morgan fingerprint density at radius 3 is 2.34 bits per heavy atom. The monoisotopic (exact) mass is 546 g/mol. The highest BCUT2D eigenvalue weighted by Crippen LogP contribution is 2.28. The van der Waals surface area contributed by atoms with Crippen LogP contribution in [0.25, 0.3) is 0 Å². The van der Waals surface area contributed by atoms with Gasteiger partial charge in [-0.25, -0.2) is 19.3 Å². The Bertz CT molecular complexity index is 1280. The molecule has 1 aliphatic rings. The molecule has 0 aliphatic carbocycles. The van der Waals surface area contributed by atoms with Gasteiger partial charge in [0.05, 0.1) is 23.8 Å². The summed E-state index contributed by atoms with van der Waals surface area (Å²) in [6, 6.07) is 8.78. The van der Waals surface area contributed by atoms with Gasteiger partial charge in [-0.3, -0.25) is 24.0 Å². The minimum absolute atomic E-state index is 0.0110. The van der Waals surface area contributed by atoms with Gasteiger partial charge in [-0.2, -0.15) is 0 Å². The molecule has 0 unspecified atom stereocenters. The highest BCUT2D eigenvalue weighted by Gasteiger charge is 2.23. The molecule has 1 fully saturated rings.